The van der Waals surface area contributed by atoms with Crippen LogP contribution in [0.25, 0.3) is 0 Å². The van der Waals surface area contributed by atoms with Gasteiger partial charge in [-0.3, -0.25) is 4.79 Å². The fourth-order valence-electron chi connectivity index (χ4n) is 2.57. The minimum absolute atomic E-state index is 0.119. The molecule has 1 saturated carbocycles. The van der Waals surface area contributed by atoms with Crippen LogP contribution in [0.3, 0.4) is 0 Å². The van der Waals surface area contributed by atoms with E-state index < -0.39 is 0 Å². The third kappa shape index (κ3) is 3.66. The summed E-state index contributed by atoms with van der Waals surface area (Å²) in [7, 11) is 0. The minimum Gasteiger partial charge on any atom is -0.349 e. The Morgan fingerprint density at radius 1 is 1.42 bits per heavy atom. The van der Waals surface area contributed by atoms with Gasteiger partial charge in [0.2, 0.25) is 0 Å². The Kier molecular flexibility index (Phi) is 5.15. The SMILES string of the molecule is NCC1CCCCC1NC(=O)c1ccc(I)c(F)c1. The summed E-state index contributed by atoms with van der Waals surface area (Å²) in [6.45, 7) is 0.589. The zero-order chi connectivity index (χ0) is 13.8. The highest BCUT2D eigenvalue weighted by Gasteiger charge is 2.25. The van der Waals surface area contributed by atoms with Gasteiger partial charge in [0.05, 0.1) is 0 Å². The second kappa shape index (κ2) is 6.65. The molecular formula is C14H18FIN2O. The van der Waals surface area contributed by atoms with Gasteiger partial charge in [-0.25, -0.2) is 4.39 Å². The van der Waals surface area contributed by atoms with Crippen LogP contribution in [-0.2, 0) is 0 Å². The van der Waals surface area contributed by atoms with Crippen LogP contribution in [0.15, 0.2) is 18.2 Å². The van der Waals surface area contributed by atoms with Crippen molar-refractivity contribution in [3.05, 3.63) is 33.1 Å². The highest BCUT2D eigenvalue weighted by molar-refractivity contribution is 14.1. The smallest absolute Gasteiger partial charge is 0.251 e. The number of benzene rings is 1. The fourth-order valence-corrected chi connectivity index (χ4v) is 2.90. The summed E-state index contributed by atoms with van der Waals surface area (Å²) < 4.78 is 14.0. The van der Waals surface area contributed by atoms with Crippen LogP contribution in [0.4, 0.5) is 4.39 Å². The third-order valence-electron chi connectivity index (χ3n) is 3.71. The number of hydrogen-bond donors (Lipinski definition) is 2. The quantitative estimate of drug-likeness (QED) is 0.798. The molecule has 5 heteroatoms. The maximum atomic E-state index is 13.5. The minimum atomic E-state index is -0.354. The van der Waals surface area contributed by atoms with Gasteiger partial charge in [-0.05, 0) is 66.1 Å². The van der Waals surface area contributed by atoms with Crippen LogP contribution in [0.5, 0.6) is 0 Å². The van der Waals surface area contributed by atoms with Gasteiger partial charge < -0.3 is 11.1 Å². The van der Waals surface area contributed by atoms with E-state index in [-0.39, 0.29) is 17.8 Å². The largest absolute Gasteiger partial charge is 0.349 e. The first-order chi connectivity index (χ1) is 9.11. The van der Waals surface area contributed by atoms with Crippen molar-refractivity contribution < 1.29 is 9.18 Å². The van der Waals surface area contributed by atoms with Gasteiger partial charge in [0.25, 0.3) is 5.91 Å². The van der Waals surface area contributed by atoms with E-state index in [2.05, 4.69) is 5.32 Å². The van der Waals surface area contributed by atoms with Gasteiger partial charge in [-0.15, -0.1) is 0 Å². The Hall–Kier alpha value is -0.690. The van der Waals surface area contributed by atoms with Crippen molar-refractivity contribution in [3.63, 3.8) is 0 Å². The van der Waals surface area contributed by atoms with Gasteiger partial charge in [-0.2, -0.15) is 0 Å². The molecule has 1 aromatic rings. The molecule has 0 radical (unpaired) electrons. The Bertz CT molecular complexity index is 467. The summed E-state index contributed by atoms with van der Waals surface area (Å²) in [5, 5.41) is 2.99. The number of rotatable bonds is 3. The second-order valence-corrected chi connectivity index (χ2v) is 6.15. The molecule has 3 N–H and O–H groups in total. The number of hydrogen-bond acceptors (Lipinski definition) is 2. The Morgan fingerprint density at radius 2 is 2.16 bits per heavy atom. The van der Waals surface area contributed by atoms with E-state index in [0.29, 0.717) is 21.6 Å². The number of nitrogens with two attached hydrogens (primary N) is 1. The molecule has 0 saturated heterocycles. The highest BCUT2D eigenvalue weighted by atomic mass is 127. The van der Waals surface area contributed by atoms with Crippen molar-refractivity contribution in [2.45, 2.75) is 31.7 Å². The molecule has 0 aromatic heterocycles. The van der Waals surface area contributed by atoms with E-state index >= 15 is 0 Å². The first kappa shape index (κ1) is 14.7. The molecule has 1 fully saturated rings. The van der Waals surface area contributed by atoms with Gasteiger partial charge >= 0.3 is 0 Å². The molecule has 3 nitrogen and oxygen atoms in total. The zero-order valence-electron chi connectivity index (χ0n) is 10.7. The van der Waals surface area contributed by atoms with Crippen LogP contribution < -0.4 is 11.1 Å². The van der Waals surface area contributed by atoms with E-state index in [4.69, 9.17) is 5.73 Å². The Balaban J connectivity index is 2.05. The van der Waals surface area contributed by atoms with Crippen LogP contribution >= 0.6 is 22.6 Å². The Labute approximate surface area is 126 Å². The topological polar surface area (TPSA) is 55.1 Å². The lowest BCUT2D eigenvalue weighted by Gasteiger charge is -2.31. The molecule has 0 aliphatic heterocycles. The molecule has 2 unspecified atom stereocenters. The van der Waals surface area contributed by atoms with E-state index in [1.54, 1.807) is 12.1 Å². The van der Waals surface area contributed by atoms with E-state index in [1.807, 2.05) is 22.6 Å². The highest BCUT2D eigenvalue weighted by Crippen LogP contribution is 2.24. The molecule has 1 aliphatic rings. The normalized spacial score (nSPS) is 23.1. The summed E-state index contributed by atoms with van der Waals surface area (Å²) in [6, 6.07) is 4.68. The lowest BCUT2D eigenvalue weighted by Crippen LogP contribution is -2.44. The van der Waals surface area contributed by atoms with E-state index in [1.165, 1.54) is 12.5 Å². The molecule has 104 valence electrons. The molecule has 2 atom stereocenters. The molecule has 1 aliphatic carbocycles. The summed E-state index contributed by atoms with van der Waals surface area (Å²) in [4.78, 5) is 12.1. The molecular weight excluding hydrogens is 358 g/mol. The van der Waals surface area contributed by atoms with E-state index in [0.717, 1.165) is 19.3 Å². The van der Waals surface area contributed by atoms with Crippen molar-refractivity contribution in [1.29, 1.82) is 0 Å². The van der Waals surface area contributed by atoms with Crippen LogP contribution in [0, 0.1) is 15.3 Å². The Morgan fingerprint density at radius 3 is 2.84 bits per heavy atom. The monoisotopic (exact) mass is 376 g/mol. The lowest BCUT2D eigenvalue weighted by atomic mass is 9.84. The van der Waals surface area contributed by atoms with Gasteiger partial charge in [0.1, 0.15) is 5.82 Å². The fraction of sp³-hybridized carbons (Fsp3) is 0.500. The maximum absolute atomic E-state index is 13.5. The van der Waals surface area contributed by atoms with Crippen molar-refractivity contribution in [3.8, 4) is 0 Å². The van der Waals surface area contributed by atoms with Crippen LogP contribution in [-0.4, -0.2) is 18.5 Å². The number of halogens is 2. The number of amides is 1. The molecule has 19 heavy (non-hydrogen) atoms. The van der Waals surface area contributed by atoms with Gasteiger partial charge in [0.15, 0.2) is 0 Å². The average Bonchev–Trinajstić information content (AvgIpc) is 2.42. The molecule has 1 aromatic carbocycles. The molecule has 1 amide bonds. The van der Waals surface area contributed by atoms with Crippen molar-refractivity contribution >= 4 is 28.5 Å². The predicted octanol–water partition coefficient (Wildman–Crippen LogP) is 2.68. The first-order valence-electron chi connectivity index (χ1n) is 6.58. The van der Waals surface area contributed by atoms with Crippen molar-refractivity contribution in [1.82, 2.24) is 5.32 Å². The van der Waals surface area contributed by atoms with E-state index in [9.17, 15) is 9.18 Å². The molecule has 2 rings (SSSR count). The van der Waals surface area contributed by atoms with Gasteiger partial charge in [0, 0.05) is 15.2 Å². The molecule has 0 heterocycles. The zero-order valence-corrected chi connectivity index (χ0v) is 12.8. The standard InChI is InChI=1S/C14H18FIN2O/c15-11-7-9(5-6-12(11)16)14(19)18-13-4-2-1-3-10(13)8-17/h5-7,10,13H,1-4,8,17H2,(H,18,19). The van der Waals surface area contributed by atoms with Gasteiger partial charge in [-0.1, -0.05) is 12.8 Å². The van der Waals surface area contributed by atoms with Crippen molar-refractivity contribution in [2.24, 2.45) is 11.7 Å². The summed E-state index contributed by atoms with van der Waals surface area (Å²) in [5.41, 5.74) is 6.11. The summed E-state index contributed by atoms with van der Waals surface area (Å²) in [5.74, 6) is -0.223. The van der Waals surface area contributed by atoms with Crippen LogP contribution in [0.1, 0.15) is 36.0 Å². The number of carbonyl (C=O) groups excluding carboxylic acids is 1. The number of nitrogens with one attached hydrogen (secondary N) is 1. The third-order valence-corrected chi connectivity index (χ3v) is 4.58. The molecule has 0 bridgehead atoms. The lowest BCUT2D eigenvalue weighted by molar-refractivity contribution is 0.0907. The average molecular weight is 376 g/mol. The summed E-state index contributed by atoms with van der Waals surface area (Å²) in [6.07, 6.45) is 4.30. The number of carbonyl (C=O) groups is 1. The van der Waals surface area contributed by atoms with Crippen molar-refractivity contribution in [2.75, 3.05) is 6.54 Å². The summed E-state index contributed by atoms with van der Waals surface area (Å²) >= 11 is 1.91. The molecule has 0 spiro atoms. The maximum Gasteiger partial charge on any atom is 0.251 e. The second-order valence-electron chi connectivity index (χ2n) is 4.99. The van der Waals surface area contributed by atoms with Crippen LogP contribution in [0.2, 0.25) is 0 Å². The first-order valence-corrected chi connectivity index (χ1v) is 7.65. The predicted molar refractivity (Wildman–Crippen MR) is 81.4 cm³/mol.